The van der Waals surface area contributed by atoms with Crippen LogP contribution < -0.4 is 20.9 Å². The smallest absolute Gasteiger partial charge is 0.276 e. The van der Waals surface area contributed by atoms with Gasteiger partial charge in [-0.05, 0) is 24.4 Å². The molecule has 0 aromatic heterocycles. The predicted molar refractivity (Wildman–Crippen MR) is 83.4 cm³/mol. The Kier molecular flexibility index (Phi) is 6.10. The van der Waals surface area contributed by atoms with E-state index in [1.807, 2.05) is 18.2 Å². The summed E-state index contributed by atoms with van der Waals surface area (Å²) >= 11 is 4.90. The van der Waals surface area contributed by atoms with Gasteiger partial charge in [-0.3, -0.25) is 20.4 Å². The Morgan fingerprint density at radius 3 is 2.33 bits per heavy atom. The molecule has 0 saturated heterocycles. The lowest BCUT2D eigenvalue weighted by Crippen LogP contribution is -2.51. The number of carbonyl (C=O) groups excluding carboxylic acids is 2. The van der Waals surface area contributed by atoms with Crippen LogP contribution in [0.15, 0.2) is 30.3 Å². The summed E-state index contributed by atoms with van der Waals surface area (Å²) in [5, 5.41) is 2.51. The zero-order valence-electron chi connectivity index (χ0n) is 12.2. The molecule has 1 aromatic carbocycles. The van der Waals surface area contributed by atoms with Crippen LogP contribution in [-0.4, -0.2) is 23.5 Å². The molecule has 1 rings (SSSR count). The molecule has 0 spiro atoms. The van der Waals surface area contributed by atoms with Gasteiger partial charge in [0.15, 0.2) is 11.7 Å². The van der Waals surface area contributed by atoms with Crippen LogP contribution in [0.4, 0.5) is 0 Å². The lowest BCUT2D eigenvalue weighted by molar-refractivity contribution is -0.127. The van der Waals surface area contributed by atoms with E-state index in [2.05, 4.69) is 16.2 Å². The van der Waals surface area contributed by atoms with Crippen LogP contribution in [0, 0.1) is 5.41 Å². The summed E-state index contributed by atoms with van der Waals surface area (Å²) in [6, 6.07) is 8.96. The molecule has 0 aliphatic carbocycles. The summed E-state index contributed by atoms with van der Waals surface area (Å²) in [6.45, 7) is 5.12. The molecule has 0 unspecified atom stereocenters. The van der Waals surface area contributed by atoms with Gasteiger partial charge in [0.25, 0.3) is 5.91 Å². The Morgan fingerprint density at radius 2 is 1.76 bits per heavy atom. The van der Waals surface area contributed by atoms with Crippen molar-refractivity contribution in [3.05, 3.63) is 30.3 Å². The van der Waals surface area contributed by atoms with Crippen LogP contribution in [0.1, 0.15) is 20.8 Å². The van der Waals surface area contributed by atoms with Gasteiger partial charge in [-0.25, -0.2) is 0 Å². The Bertz CT molecular complexity index is 512. The molecule has 6 nitrogen and oxygen atoms in total. The number of hydrazine groups is 1. The molecular formula is C14H19N3O3S. The van der Waals surface area contributed by atoms with Gasteiger partial charge in [0, 0.05) is 5.41 Å². The Hall–Kier alpha value is -2.15. The third-order valence-electron chi connectivity index (χ3n) is 2.34. The minimum atomic E-state index is -0.563. The fourth-order valence-electron chi connectivity index (χ4n) is 1.15. The van der Waals surface area contributed by atoms with E-state index >= 15 is 0 Å². The van der Waals surface area contributed by atoms with Crippen molar-refractivity contribution in [2.75, 3.05) is 6.61 Å². The van der Waals surface area contributed by atoms with Crippen molar-refractivity contribution in [3.8, 4) is 5.75 Å². The monoisotopic (exact) mass is 309 g/mol. The van der Waals surface area contributed by atoms with Gasteiger partial charge in [-0.1, -0.05) is 39.0 Å². The number of benzene rings is 1. The molecule has 0 bridgehead atoms. The first kappa shape index (κ1) is 16.9. The SMILES string of the molecule is CC(C)(C)C(=O)NC(=S)NNC(=O)COc1ccccc1. The van der Waals surface area contributed by atoms with Crippen LogP contribution in [-0.2, 0) is 9.59 Å². The number of para-hydroxylation sites is 1. The molecule has 3 N–H and O–H groups in total. The highest BCUT2D eigenvalue weighted by Gasteiger charge is 2.21. The fourth-order valence-corrected chi connectivity index (χ4v) is 1.29. The molecule has 2 amide bonds. The van der Waals surface area contributed by atoms with Crippen molar-refractivity contribution >= 4 is 29.1 Å². The average molecular weight is 309 g/mol. The molecule has 0 fully saturated rings. The van der Waals surface area contributed by atoms with Crippen molar-refractivity contribution in [2.45, 2.75) is 20.8 Å². The van der Waals surface area contributed by atoms with E-state index in [4.69, 9.17) is 17.0 Å². The first-order valence-electron chi connectivity index (χ1n) is 6.37. The standard InChI is InChI=1S/C14H19N3O3S/c1-14(2,3)12(19)15-13(21)17-16-11(18)9-20-10-7-5-4-6-8-10/h4-8H,9H2,1-3H3,(H,16,18)(H2,15,17,19,21). The van der Waals surface area contributed by atoms with E-state index in [0.717, 1.165) is 0 Å². The maximum Gasteiger partial charge on any atom is 0.276 e. The maximum atomic E-state index is 11.7. The summed E-state index contributed by atoms with van der Waals surface area (Å²) in [6.07, 6.45) is 0. The van der Waals surface area contributed by atoms with Crippen LogP contribution in [0.25, 0.3) is 0 Å². The van der Waals surface area contributed by atoms with E-state index in [1.54, 1.807) is 32.9 Å². The highest BCUT2D eigenvalue weighted by Crippen LogP contribution is 2.12. The van der Waals surface area contributed by atoms with Gasteiger partial charge in [0.2, 0.25) is 5.91 Å². The lowest BCUT2D eigenvalue weighted by Gasteiger charge is -2.18. The fraction of sp³-hybridized carbons (Fsp3) is 0.357. The van der Waals surface area contributed by atoms with Gasteiger partial charge < -0.3 is 10.1 Å². The largest absolute Gasteiger partial charge is 0.484 e. The number of carbonyl (C=O) groups is 2. The summed E-state index contributed by atoms with van der Waals surface area (Å²) in [7, 11) is 0. The van der Waals surface area contributed by atoms with Gasteiger partial charge >= 0.3 is 0 Å². The molecule has 0 heterocycles. The van der Waals surface area contributed by atoms with Gasteiger partial charge in [0.1, 0.15) is 5.75 Å². The van der Waals surface area contributed by atoms with Crippen molar-refractivity contribution < 1.29 is 14.3 Å². The lowest BCUT2D eigenvalue weighted by atomic mass is 9.96. The molecule has 1 aromatic rings. The second kappa shape index (κ2) is 7.58. The average Bonchev–Trinajstić information content (AvgIpc) is 2.43. The highest BCUT2D eigenvalue weighted by atomic mass is 32.1. The minimum absolute atomic E-state index is 0.0305. The number of nitrogens with one attached hydrogen (secondary N) is 3. The van der Waals surface area contributed by atoms with E-state index in [-0.39, 0.29) is 17.6 Å². The zero-order chi connectivity index (χ0) is 15.9. The van der Waals surface area contributed by atoms with Gasteiger partial charge in [-0.15, -0.1) is 0 Å². The van der Waals surface area contributed by atoms with E-state index in [9.17, 15) is 9.59 Å². The number of ether oxygens (including phenoxy) is 1. The first-order chi connectivity index (χ1) is 9.79. The molecule has 114 valence electrons. The number of rotatable bonds is 3. The van der Waals surface area contributed by atoms with Crippen molar-refractivity contribution in [1.82, 2.24) is 16.2 Å². The second-order valence-corrected chi connectivity index (χ2v) is 5.72. The Morgan fingerprint density at radius 1 is 1.14 bits per heavy atom. The van der Waals surface area contributed by atoms with Crippen LogP contribution in [0.2, 0.25) is 0 Å². The molecule has 7 heteroatoms. The normalized spacial score (nSPS) is 10.4. The predicted octanol–water partition coefficient (Wildman–Crippen LogP) is 1.13. The maximum absolute atomic E-state index is 11.7. The minimum Gasteiger partial charge on any atom is -0.484 e. The first-order valence-corrected chi connectivity index (χ1v) is 6.78. The molecule has 0 radical (unpaired) electrons. The Labute approximate surface area is 129 Å². The van der Waals surface area contributed by atoms with Gasteiger partial charge in [-0.2, -0.15) is 0 Å². The second-order valence-electron chi connectivity index (χ2n) is 5.31. The third-order valence-corrected chi connectivity index (χ3v) is 2.54. The summed E-state index contributed by atoms with van der Waals surface area (Å²) in [5.74, 6) is -0.0581. The molecular weight excluding hydrogens is 290 g/mol. The molecule has 0 aliphatic rings. The number of thiocarbonyl (C=S) groups is 1. The number of hydrogen-bond donors (Lipinski definition) is 3. The van der Waals surface area contributed by atoms with Crippen molar-refractivity contribution in [3.63, 3.8) is 0 Å². The molecule has 0 atom stereocenters. The van der Waals surface area contributed by atoms with E-state index in [1.165, 1.54) is 0 Å². The molecule has 0 aliphatic heterocycles. The molecule has 0 saturated carbocycles. The van der Waals surface area contributed by atoms with Crippen molar-refractivity contribution in [2.24, 2.45) is 5.41 Å². The van der Waals surface area contributed by atoms with E-state index < -0.39 is 11.3 Å². The van der Waals surface area contributed by atoms with Crippen LogP contribution in [0.3, 0.4) is 0 Å². The van der Waals surface area contributed by atoms with Crippen LogP contribution >= 0.6 is 12.2 Å². The highest BCUT2D eigenvalue weighted by molar-refractivity contribution is 7.80. The summed E-state index contributed by atoms with van der Waals surface area (Å²) in [4.78, 5) is 23.2. The molecule has 21 heavy (non-hydrogen) atoms. The Balaban J connectivity index is 2.27. The van der Waals surface area contributed by atoms with Crippen LogP contribution in [0.5, 0.6) is 5.75 Å². The van der Waals surface area contributed by atoms with Gasteiger partial charge in [0.05, 0.1) is 0 Å². The van der Waals surface area contributed by atoms with Crippen molar-refractivity contribution in [1.29, 1.82) is 0 Å². The number of hydrogen-bond acceptors (Lipinski definition) is 4. The topological polar surface area (TPSA) is 79.5 Å². The summed E-state index contributed by atoms with van der Waals surface area (Å²) < 4.78 is 5.25. The van der Waals surface area contributed by atoms with E-state index in [0.29, 0.717) is 5.75 Å². The zero-order valence-corrected chi connectivity index (χ0v) is 13.0. The quantitative estimate of drug-likeness (QED) is 0.576. The number of amides is 2. The third kappa shape index (κ3) is 6.71. The summed E-state index contributed by atoms with van der Waals surface area (Å²) in [5.41, 5.74) is 4.22.